The highest BCUT2D eigenvalue weighted by Crippen LogP contribution is 2.74. The monoisotopic (exact) mass is 509 g/mol. The van der Waals surface area contributed by atoms with Crippen molar-refractivity contribution in [2.75, 3.05) is 6.26 Å². The molecule has 0 radical (unpaired) electrons. The quantitative estimate of drug-likeness (QED) is 0.386. The van der Waals surface area contributed by atoms with E-state index >= 15 is 0 Å². The molecule has 0 aliphatic heterocycles. The molecule has 0 spiro atoms. The fraction of sp³-hybridized carbons (Fsp3) is 0.774. The van der Waals surface area contributed by atoms with Crippen LogP contribution in [0.2, 0.25) is 0 Å². The second kappa shape index (κ2) is 7.60. The van der Waals surface area contributed by atoms with Gasteiger partial charge in [-0.05, 0) is 73.2 Å². The van der Waals surface area contributed by atoms with Crippen LogP contribution in [0, 0.1) is 56.2 Å². The van der Waals surface area contributed by atoms with Crippen LogP contribution >= 0.6 is 0 Å². The second-order valence-corrected chi connectivity index (χ2v) is 16.5. The molecule has 1 unspecified atom stereocenters. The molecule has 0 heterocycles. The molecule has 0 aromatic rings. The maximum atomic E-state index is 14.3. The summed E-state index contributed by atoms with van der Waals surface area (Å²) in [5.74, 6) is 0.154. The predicted molar refractivity (Wildman–Crippen MR) is 143 cm³/mol. The molecule has 5 aliphatic rings. The third-order valence-corrected chi connectivity index (χ3v) is 14.2. The summed E-state index contributed by atoms with van der Waals surface area (Å²) in [6.45, 7) is 15.4. The first-order chi connectivity index (χ1) is 16.5. The summed E-state index contributed by atoms with van der Waals surface area (Å²) < 4.78 is 13.1. The normalized spacial score (nSPS) is 47.7. The molecule has 0 aromatic carbocycles. The van der Waals surface area contributed by atoms with E-state index in [-0.39, 0.29) is 55.9 Å². The molecule has 5 heteroatoms. The second-order valence-electron chi connectivity index (χ2n) is 14.8. The molecule has 5 aliphatic carbocycles. The summed E-state index contributed by atoms with van der Waals surface area (Å²) in [5, 5.41) is 9.85. The number of allylic oxidation sites excluding steroid dienone is 4. The van der Waals surface area contributed by atoms with Crippen LogP contribution in [0.3, 0.4) is 0 Å². The van der Waals surface area contributed by atoms with Gasteiger partial charge in [-0.3, -0.25) is 9.59 Å². The van der Waals surface area contributed by atoms with Crippen LogP contribution in [0.15, 0.2) is 23.3 Å². The first kappa shape index (κ1) is 26.2. The van der Waals surface area contributed by atoms with Gasteiger partial charge in [-0.25, -0.2) is 0 Å². The van der Waals surface area contributed by atoms with Crippen LogP contribution in [0.5, 0.6) is 0 Å². The number of hydrogen-bond acceptors (Lipinski definition) is 4. The zero-order chi connectivity index (χ0) is 26.7. The first-order valence-electron chi connectivity index (χ1n) is 13.8. The van der Waals surface area contributed by atoms with Gasteiger partial charge < -0.3 is 4.55 Å². The van der Waals surface area contributed by atoms with Gasteiger partial charge in [0, 0.05) is 22.7 Å². The van der Waals surface area contributed by atoms with Crippen molar-refractivity contribution >= 4 is 22.7 Å². The van der Waals surface area contributed by atoms with E-state index in [1.165, 1.54) is 0 Å². The van der Waals surface area contributed by atoms with Crippen LogP contribution in [0.1, 0.15) is 93.4 Å². The molecular formula is C31H43NO3S. The summed E-state index contributed by atoms with van der Waals surface area (Å²) in [6.07, 6.45) is 12.3. The van der Waals surface area contributed by atoms with Crippen molar-refractivity contribution in [1.29, 1.82) is 5.26 Å². The smallest absolute Gasteiger partial charge is 0.178 e. The van der Waals surface area contributed by atoms with Gasteiger partial charge in [0.25, 0.3) is 0 Å². The molecule has 3 fully saturated rings. The number of nitrogens with zero attached hydrogens (tertiary/aromatic N) is 1. The fourth-order valence-electron chi connectivity index (χ4n) is 10.1. The van der Waals surface area contributed by atoms with E-state index in [1.54, 1.807) is 0 Å². The molecule has 4 nitrogen and oxygen atoms in total. The highest BCUT2D eigenvalue weighted by Gasteiger charge is 2.71. The van der Waals surface area contributed by atoms with Crippen LogP contribution in [0.4, 0.5) is 0 Å². The van der Waals surface area contributed by atoms with Crippen LogP contribution < -0.4 is 0 Å². The lowest BCUT2D eigenvalue weighted by atomic mass is 9.35. The average molecular weight is 510 g/mol. The van der Waals surface area contributed by atoms with Crippen molar-refractivity contribution in [3.05, 3.63) is 23.3 Å². The lowest BCUT2D eigenvalue weighted by molar-refractivity contribution is -0.152. The van der Waals surface area contributed by atoms with Crippen molar-refractivity contribution in [3.8, 4) is 6.07 Å². The number of ketones is 2. The number of Topliss-reactive ketones (excluding diaryl/α,β-unsaturated/α-hetero) is 1. The van der Waals surface area contributed by atoms with Gasteiger partial charge in [-0.1, -0.05) is 71.3 Å². The Balaban J connectivity index is 1.70. The molecule has 3 saturated carbocycles. The summed E-state index contributed by atoms with van der Waals surface area (Å²) in [4.78, 5) is 27.5. The Kier molecular flexibility index (Phi) is 5.54. The van der Waals surface area contributed by atoms with Crippen LogP contribution in [0.25, 0.3) is 0 Å². The number of carbonyl (C=O) groups excluding carboxylic acids is 2. The van der Waals surface area contributed by atoms with Gasteiger partial charge in [0.2, 0.25) is 0 Å². The van der Waals surface area contributed by atoms with Crippen molar-refractivity contribution < 1.29 is 14.1 Å². The Morgan fingerprint density at radius 1 is 1.00 bits per heavy atom. The number of fused-ring (bicyclic) bond motifs is 7. The Morgan fingerprint density at radius 3 is 2.25 bits per heavy atom. The minimum atomic E-state index is -0.985. The van der Waals surface area contributed by atoms with Gasteiger partial charge in [0.15, 0.2) is 11.6 Å². The van der Waals surface area contributed by atoms with Gasteiger partial charge in [0.1, 0.15) is 10.8 Å². The van der Waals surface area contributed by atoms with Crippen molar-refractivity contribution in [2.45, 2.75) is 98.2 Å². The topological polar surface area (TPSA) is 81.0 Å². The van der Waals surface area contributed by atoms with E-state index in [0.29, 0.717) is 0 Å². The lowest BCUT2D eigenvalue weighted by Gasteiger charge is -2.68. The van der Waals surface area contributed by atoms with Crippen LogP contribution in [-0.4, -0.2) is 27.1 Å². The largest absolute Gasteiger partial charge is 0.616 e. The zero-order valence-electron chi connectivity index (χ0n) is 23.4. The first-order valence-corrected chi connectivity index (χ1v) is 15.3. The third kappa shape index (κ3) is 3.04. The molecule has 5 rings (SSSR count). The van der Waals surface area contributed by atoms with Crippen molar-refractivity contribution in [3.63, 3.8) is 0 Å². The van der Waals surface area contributed by atoms with Gasteiger partial charge in [-0.2, -0.15) is 5.26 Å². The average Bonchev–Trinajstić information content (AvgIpc) is 2.77. The van der Waals surface area contributed by atoms with E-state index in [0.717, 1.165) is 50.5 Å². The Hall–Kier alpha value is -1.38. The molecule has 0 N–H and O–H groups in total. The van der Waals surface area contributed by atoms with Crippen LogP contribution in [-0.2, 0) is 20.8 Å². The van der Waals surface area contributed by atoms with E-state index < -0.39 is 22.0 Å². The molecule has 8 atom stereocenters. The van der Waals surface area contributed by atoms with E-state index in [1.807, 2.05) is 32.3 Å². The lowest BCUT2D eigenvalue weighted by Crippen LogP contribution is -2.67. The summed E-state index contributed by atoms with van der Waals surface area (Å²) in [6, 6.07) is 2.18. The molecule has 36 heavy (non-hydrogen) atoms. The molecule has 0 aromatic heterocycles. The third-order valence-electron chi connectivity index (χ3n) is 12.4. The molecule has 0 bridgehead atoms. The number of hydrogen-bond donors (Lipinski definition) is 0. The molecular weight excluding hydrogens is 466 g/mol. The Morgan fingerprint density at radius 2 is 1.64 bits per heavy atom. The van der Waals surface area contributed by atoms with Gasteiger partial charge in [-0.15, -0.1) is 0 Å². The maximum absolute atomic E-state index is 14.3. The standard InChI is InChI=1S/C31H43NO3S/c1-26(2)11-13-31(36(8)35)14-12-30(7)24(20(31)17-26)21(33)15-23-28(5)16-19(18-32)25(34)27(3,4)22(28)9-10-29(23,30)6/h15-16,20,22,24H,9-14,17H2,1-8H3/t20-,22-,24-,28-,29+,30+,31-,36?/m0/s1. The van der Waals surface area contributed by atoms with E-state index in [9.17, 15) is 19.4 Å². The fourth-order valence-corrected chi connectivity index (χ4v) is 11.5. The molecule has 196 valence electrons. The summed E-state index contributed by atoms with van der Waals surface area (Å²) in [5.41, 5.74) is -0.106. The zero-order valence-corrected chi connectivity index (χ0v) is 24.2. The minimum absolute atomic E-state index is 0.0568. The minimum Gasteiger partial charge on any atom is -0.616 e. The molecule has 0 amide bonds. The number of rotatable bonds is 1. The predicted octanol–water partition coefficient (Wildman–Crippen LogP) is 6.34. The van der Waals surface area contributed by atoms with E-state index in [4.69, 9.17) is 0 Å². The summed E-state index contributed by atoms with van der Waals surface area (Å²) in [7, 11) is 0. The Labute approximate surface area is 220 Å². The van der Waals surface area contributed by atoms with Gasteiger partial charge in [0.05, 0.1) is 11.8 Å². The SMILES string of the molecule is C[S+]([O-])[C@]12CCC(C)(C)C[C@H]1[C@H]1C(=O)C=C3[C@@]4(C)C=C(C#N)C(=O)C(C)(C)[C@@H]4CC[C@@]3(C)[C@]1(C)CC2. The number of carbonyl (C=O) groups is 2. The highest BCUT2D eigenvalue weighted by atomic mass is 32.2. The molecule has 0 saturated heterocycles. The van der Waals surface area contributed by atoms with Crippen molar-refractivity contribution in [2.24, 2.45) is 44.8 Å². The van der Waals surface area contributed by atoms with Gasteiger partial charge >= 0.3 is 0 Å². The Bertz CT molecular complexity index is 1140. The number of nitriles is 1. The maximum Gasteiger partial charge on any atom is 0.178 e. The van der Waals surface area contributed by atoms with E-state index in [2.05, 4.69) is 40.7 Å². The van der Waals surface area contributed by atoms with Crippen molar-refractivity contribution in [1.82, 2.24) is 0 Å². The highest BCUT2D eigenvalue weighted by molar-refractivity contribution is 7.92. The summed E-state index contributed by atoms with van der Waals surface area (Å²) >= 11 is -0.985.